The first-order valence-corrected chi connectivity index (χ1v) is 7.77. The molecule has 2 saturated heterocycles. The van der Waals surface area contributed by atoms with Gasteiger partial charge in [0.15, 0.2) is 0 Å². The lowest BCUT2D eigenvalue weighted by Crippen LogP contribution is -2.46. The summed E-state index contributed by atoms with van der Waals surface area (Å²) in [6.45, 7) is 10.3. The van der Waals surface area contributed by atoms with E-state index in [0.717, 1.165) is 45.4 Å². The second-order valence-corrected chi connectivity index (χ2v) is 7.14. The Morgan fingerprint density at radius 3 is 2.45 bits per heavy atom. The molecule has 0 aromatic carbocycles. The van der Waals surface area contributed by atoms with Crippen molar-refractivity contribution in [2.45, 2.75) is 57.7 Å². The number of rotatable bonds is 3. The average molecular weight is 283 g/mol. The summed E-state index contributed by atoms with van der Waals surface area (Å²) >= 11 is 0. The fourth-order valence-corrected chi connectivity index (χ4v) is 3.09. The number of likely N-dealkylation sites (tertiary alicyclic amines) is 2. The largest absolute Gasteiger partial charge is 0.459 e. The number of hydrogen-bond donors (Lipinski definition) is 1. The van der Waals surface area contributed by atoms with Gasteiger partial charge in [0, 0.05) is 25.2 Å². The third kappa shape index (κ3) is 4.72. The summed E-state index contributed by atoms with van der Waals surface area (Å²) in [7, 11) is 0. The lowest BCUT2D eigenvalue weighted by Gasteiger charge is -2.34. The molecule has 0 bridgehead atoms. The molecule has 1 unspecified atom stereocenters. The highest BCUT2D eigenvalue weighted by Gasteiger charge is 2.31. The van der Waals surface area contributed by atoms with E-state index in [-0.39, 0.29) is 11.6 Å². The SMILES string of the molecule is CC(C)(C)OC(=O)CN1CCC(N2CCC(N)CC2)C1. The molecule has 0 spiro atoms. The van der Waals surface area contributed by atoms with E-state index >= 15 is 0 Å². The van der Waals surface area contributed by atoms with Crippen LogP contribution in [0.2, 0.25) is 0 Å². The first-order chi connectivity index (χ1) is 9.33. The lowest BCUT2D eigenvalue weighted by atomic mass is 10.0. The summed E-state index contributed by atoms with van der Waals surface area (Å²) in [5.41, 5.74) is 5.56. The molecular weight excluding hydrogens is 254 g/mol. The molecule has 2 aliphatic heterocycles. The van der Waals surface area contributed by atoms with Gasteiger partial charge in [-0.1, -0.05) is 0 Å². The van der Waals surface area contributed by atoms with Crippen LogP contribution in [-0.4, -0.2) is 66.2 Å². The summed E-state index contributed by atoms with van der Waals surface area (Å²) in [6, 6.07) is 0.968. The number of carbonyl (C=O) groups excluding carboxylic acids is 1. The van der Waals surface area contributed by atoms with Crippen LogP contribution < -0.4 is 5.73 Å². The molecule has 2 rings (SSSR count). The maximum atomic E-state index is 11.8. The number of nitrogens with zero attached hydrogens (tertiary/aromatic N) is 2. The van der Waals surface area contributed by atoms with Crippen LogP contribution in [0.15, 0.2) is 0 Å². The minimum Gasteiger partial charge on any atom is -0.459 e. The Morgan fingerprint density at radius 2 is 1.85 bits per heavy atom. The molecule has 0 aromatic heterocycles. The standard InChI is InChI=1S/C15H29N3O2/c1-15(2,3)20-14(19)11-17-7-6-13(10-17)18-8-4-12(16)5-9-18/h12-13H,4-11,16H2,1-3H3. The van der Waals surface area contributed by atoms with Crippen LogP contribution in [0.5, 0.6) is 0 Å². The molecule has 2 aliphatic rings. The molecule has 116 valence electrons. The molecule has 1 atom stereocenters. The second kappa shape index (κ2) is 6.41. The average Bonchev–Trinajstić information content (AvgIpc) is 2.75. The minimum absolute atomic E-state index is 0.112. The maximum absolute atomic E-state index is 11.8. The van der Waals surface area contributed by atoms with E-state index in [4.69, 9.17) is 10.5 Å². The van der Waals surface area contributed by atoms with E-state index in [2.05, 4.69) is 9.80 Å². The van der Waals surface area contributed by atoms with Crippen molar-refractivity contribution in [3.05, 3.63) is 0 Å². The zero-order valence-electron chi connectivity index (χ0n) is 13.1. The highest BCUT2D eigenvalue weighted by Crippen LogP contribution is 2.20. The summed E-state index contributed by atoms with van der Waals surface area (Å²) in [5, 5.41) is 0. The quantitative estimate of drug-likeness (QED) is 0.777. The zero-order valence-corrected chi connectivity index (χ0v) is 13.1. The smallest absolute Gasteiger partial charge is 0.320 e. The number of nitrogens with two attached hydrogens (primary N) is 1. The Morgan fingerprint density at radius 1 is 1.20 bits per heavy atom. The first kappa shape index (κ1) is 15.7. The minimum atomic E-state index is -0.390. The monoisotopic (exact) mass is 283 g/mol. The Kier molecular flexibility index (Phi) is 5.04. The fraction of sp³-hybridized carbons (Fsp3) is 0.933. The number of carbonyl (C=O) groups is 1. The fourth-order valence-electron chi connectivity index (χ4n) is 3.09. The van der Waals surface area contributed by atoms with Crippen molar-refractivity contribution in [1.82, 2.24) is 9.80 Å². The first-order valence-electron chi connectivity index (χ1n) is 7.77. The Hall–Kier alpha value is -0.650. The van der Waals surface area contributed by atoms with Gasteiger partial charge in [-0.3, -0.25) is 14.6 Å². The van der Waals surface area contributed by atoms with E-state index in [1.165, 1.54) is 0 Å². The van der Waals surface area contributed by atoms with Gasteiger partial charge in [0.25, 0.3) is 0 Å². The molecule has 2 N–H and O–H groups in total. The number of hydrogen-bond acceptors (Lipinski definition) is 5. The van der Waals surface area contributed by atoms with Crippen molar-refractivity contribution in [1.29, 1.82) is 0 Å². The predicted molar refractivity (Wildman–Crippen MR) is 79.5 cm³/mol. The van der Waals surface area contributed by atoms with Gasteiger partial charge in [0.2, 0.25) is 0 Å². The molecular formula is C15H29N3O2. The molecule has 2 fully saturated rings. The van der Waals surface area contributed by atoms with E-state index < -0.39 is 0 Å². The Labute approximate surface area is 122 Å². The molecule has 5 nitrogen and oxygen atoms in total. The molecule has 0 aliphatic carbocycles. The van der Waals surface area contributed by atoms with Gasteiger partial charge >= 0.3 is 5.97 Å². The van der Waals surface area contributed by atoms with Crippen molar-refractivity contribution < 1.29 is 9.53 Å². The Bertz CT molecular complexity index is 333. The van der Waals surface area contributed by atoms with Crippen LogP contribution in [0.3, 0.4) is 0 Å². The topological polar surface area (TPSA) is 58.8 Å². The normalized spacial score (nSPS) is 26.9. The molecule has 0 radical (unpaired) electrons. The van der Waals surface area contributed by atoms with Gasteiger partial charge < -0.3 is 10.5 Å². The van der Waals surface area contributed by atoms with Crippen molar-refractivity contribution >= 4 is 5.97 Å². The van der Waals surface area contributed by atoms with E-state index in [0.29, 0.717) is 18.6 Å². The van der Waals surface area contributed by atoms with Gasteiger partial charge in [-0.25, -0.2) is 0 Å². The number of piperidine rings is 1. The second-order valence-electron chi connectivity index (χ2n) is 7.14. The van der Waals surface area contributed by atoms with Crippen molar-refractivity contribution in [2.24, 2.45) is 5.73 Å². The molecule has 0 amide bonds. The summed E-state index contributed by atoms with van der Waals surface area (Å²) in [5.74, 6) is -0.112. The van der Waals surface area contributed by atoms with E-state index in [1.807, 2.05) is 20.8 Å². The number of ether oxygens (including phenoxy) is 1. The molecule has 5 heteroatoms. The predicted octanol–water partition coefficient (Wildman–Crippen LogP) is 0.826. The highest BCUT2D eigenvalue weighted by molar-refractivity contribution is 5.72. The van der Waals surface area contributed by atoms with E-state index in [9.17, 15) is 4.79 Å². The summed E-state index contributed by atoms with van der Waals surface area (Å²) in [6.07, 6.45) is 3.35. The van der Waals surface area contributed by atoms with Gasteiger partial charge in [0.05, 0.1) is 6.54 Å². The van der Waals surface area contributed by atoms with Crippen LogP contribution in [0.25, 0.3) is 0 Å². The maximum Gasteiger partial charge on any atom is 0.320 e. The van der Waals surface area contributed by atoms with E-state index in [1.54, 1.807) is 0 Å². The zero-order chi connectivity index (χ0) is 14.8. The Balaban J connectivity index is 1.74. The van der Waals surface area contributed by atoms with Crippen LogP contribution in [-0.2, 0) is 9.53 Å². The van der Waals surface area contributed by atoms with Crippen molar-refractivity contribution in [2.75, 3.05) is 32.7 Å². The van der Waals surface area contributed by atoms with Crippen LogP contribution in [0.4, 0.5) is 0 Å². The lowest BCUT2D eigenvalue weighted by molar-refractivity contribution is -0.155. The molecule has 0 saturated carbocycles. The molecule has 20 heavy (non-hydrogen) atoms. The highest BCUT2D eigenvalue weighted by atomic mass is 16.6. The third-order valence-electron chi connectivity index (χ3n) is 4.11. The summed E-state index contributed by atoms with van der Waals surface area (Å²) in [4.78, 5) is 16.6. The van der Waals surface area contributed by atoms with Crippen LogP contribution in [0, 0.1) is 0 Å². The summed E-state index contributed by atoms with van der Waals surface area (Å²) < 4.78 is 5.38. The van der Waals surface area contributed by atoms with Crippen molar-refractivity contribution in [3.8, 4) is 0 Å². The van der Waals surface area contributed by atoms with Crippen LogP contribution >= 0.6 is 0 Å². The van der Waals surface area contributed by atoms with Crippen LogP contribution in [0.1, 0.15) is 40.0 Å². The molecule has 0 aromatic rings. The van der Waals surface area contributed by atoms with Gasteiger partial charge in [-0.15, -0.1) is 0 Å². The molecule has 2 heterocycles. The van der Waals surface area contributed by atoms with Gasteiger partial charge in [0.1, 0.15) is 5.60 Å². The van der Waals surface area contributed by atoms with Crippen molar-refractivity contribution in [3.63, 3.8) is 0 Å². The third-order valence-corrected chi connectivity index (χ3v) is 4.11. The van der Waals surface area contributed by atoms with Gasteiger partial charge in [-0.2, -0.15) is 0 Å². The van der Waals surface area contributed by atoms with Gasteiger partial charge in [-0.05, 0) is 53.1 Å². The number of esters is 1.